The fraction of sp³-hybridized carbons (Fsp3) is 0.333. The summed E-state index contributed by atoms with van der Waals surface area (Å²) in [4.78, 5) is 0. The molecule has 0 aromatic rings. The van der Waals surface area contributed by atoms with E-state index in [0.29, 0.717) is 5.57 Å². The van der Waals surface area contributed by atoms with E-state index in [2.05, 4.69) is 11.7 Å². The van der Waals surface area contributed by atoms with Crippen LogP contribution in [0.4, 0.5) is 0 Å². The molecule has 0 aliphatic rings. The molecule has 3 N–H and O–H groups in total. The van der Waals surface area contributed by atoms with Gasteiger partial charge in [0, 0.05) is 12.4 Å². The van der Waals surface area contributed by atoms with Crippen LogP contribution >= 0.6 is 0 Å². The first-order valence-corrected chi connectivity index (χ1v) is 3.82. The standard InChI is InChI=1S/C7H11N3.C2H6/c1-6(3-4-10-9)7(2)5-8;1-2/h3-5,8H,2,9H2,1H3;1-2H3/b6-3-,8-5?,10-4-;. The predicted octanol–water partition coefficient (Wildman–Crippen LogP) is 2.11. The molecule has 0 saturated carbocycles. The molecule has 0 spiro atoms. The van der Waals surface area contributed by atoms with Crippen LogP contribution in [0.1, 0.15) is 20.8 Å². The van der Waals surface area contributed by atoms with Gasteiger partial charge in [0.1, 0.15) is 0 Å². The summed E-state index contributed by atoms with van der Waals surface area (Å²) in [6.07, 6.45) is 4.35. The average molecular weight is 167 g/mol. The van der Waals surface area contributed by atoms with Gasteiger partial charge in [-0.05, 0) is 24.1 Å². The van der Waals surface area contributed by atoms with E-state index in [1.54, 1.807) is 6.08 Å². The molecule has 3 heteroatoms. The summed E-state index contributed by atoms with van der Waals surface area (Å²) < 4.78 is 0. The molecule has 0 amide bonds. The van der Waals surface area contributed by atoms with Crippen molar-refractivity contribution in [2.45, 2.75) is 20.8 Å². The van der Waals surface area contributed by atoms with Crippen molar-refractivity contribution in [3.05, 3.63) is 23.8 Å². The first kappa shape index (κ1) is 13.2. The lowest BCUT2D eigenvalue weighted by Crippen LogP contribution is -1.85. The topological polar surface area (TPSA) is 62.2 Å². The van der Waals surface area contributed by atoms with Gasteiger partial charge < -0.3 is 11.3 Å². The third-order valence-electron chi connectivity index (χ3n) is 1.09. The second-order valence-corrected chi connectivity index (χ2v) is 1.82. The molecule has 0 aromatic heterocycles. The van der Waals surface area contributed by atoms with Gasteiger partial charge in [-0.2, -0.15) is 5.10 Å². The molecule has 0 unspecified atom stereocenters. The highest BCUT2D eigenvalue weighted by Gasteiger charge is 1.88. The molecular formula is C9H17N3. The molecular weight excluding hydrogens is 150 g/mol. The van der Waals surface area contributed by atoms with Crippen LogP contribution in [0.25, 0.3) is 0 Å². The molecule has 0 saturated heterocycles. The third kappa shape index (κ3) is 6.74. The van der Waals surface area contributed by atoms with Crippen LogP contribution in [0.3, 0.4) is 0 Å². The molecule has 68 valence electrons. The smallest absolute Gasteiger partial charge is 0.0468 e. The molecule has 0 heterocycles. The summed E-state index contributed by atoms with van der Waals surface area (Å²) in [5.74, 6) is 4.86. The van der Waals surface area contributed by atoms with Crippen LogP contribution in [0.5, 0.6) is 0 Å². The monoisotopic (exact) mass is 167 g/mol. The largest absolute Gasteiger partial charge is 0.323 e. The van der Waals surface area contributed by atoms with Crippen LogP contribution < -0.4 is 5.84 Å². The Morgan fingerprint density at radius 3 is 2.33 bits per heavy atom. The van der Waals surface area contributed by atoms with Crippen LogP contribution in [0, 0.1) is 5.41 Å². The van der Waals surface area contributed by atoms with Gasteiger partial charge >= 0.3 is 0 Å². The minimum atomic E-state index is 0.667. The molecule has 12 heavy (non-hydrogen) atoms. The number of allylic oxidation sites excluding steroid dienone is 3. The molecule has 0 fully saturated rings. The summed E-state index contributed by atoms with van der Waals surface area (Å²) in [7, 11) is 0. The fourth-order valence-corrected chi connectivity index (χ4v) is 0.376. The van der Waals surface area contributed by atoms with Crippen LogP contribution in [-0.2, 0) is 0 Å². The van der Waals surface area contributed by atoms with Crippen molar-refractivity contribution in [2.75, 3.05) is 0 Å². The molecule has 0 aliphatic carbocycles. The molecule has 0 aromatic carbocycles. The molecule has 0 aliphatic heterocycles. The van der Waals surface area contributed by atoms with E-state index in [1.807, 2.05) is 20.8 Å². The highest BCUT2D eigenvalue weighted by molar-refractivity contribution is 5.84. The van der Waals surface area contributed by atoms with E-state index in [-0.39, 0.29) is 0 Å². The Labute approximate surface area is 74.2 Å². The lowest BCUT2D eigenvalue weighted by atomic mass is 10.1. The Balaban J connectivity index is 0. The maximum Gasteiger partial charge on any atom is 0.0468 e. The number of nitrogens with two attached hydrogens (primary N) is 1. The number of hydrogen-bond acceptors (Lipinski definition) is 3. The summed E-state index contributed by atoms with van der Waals surface area (Å²) in [5.41, 5.74) is 1.56. The summed E-state index contributed by atoms with van der Waals surface area (Å²) in [5, 5.41) is 10.1. The van der Waals surface area contributed by atoms with Gasteiger partial charge in [0.15, 0.2) is 0 Å². The Kier molecular flexibility index (Phi) is 10.6. The second-order valence-electron chi connectivity index (χ2n) is 1.82. The van der Waals surface area contributed by atoms with Crippen molar-refractivity contribution in [3.8, 4) is 0 Å². The average Bonchev–Trinajstić information content (AvgIpc) is 2.16. The van der Waals surface area contributed by atoms with Crippen LogP contribution in [0.15, 0.2) is 28.9 Å². The maximum absolute atomic E-state index is 6.83. The minimum Gasteiger partial charge on any atom is -0.323 e. The van der Waals surface area contributed by atoms with Gasteiger partial charge in [0.25, 0.3) is 0 Å². The number of hydrazone groups is 1. The zero-order valence-corrected chi connectivity index (χ0v) is 7.96. The fourth-order valence-electron chi connectivity index (χ4n) is 0.376. The van der Waals surface area contributed by atoms with E-state index in [4.69, 9.17) is 11.3 Å². The summed E-state index contributed by atoms with van der Waals surface area (Å²) in [6.45, 7) is 9.45. The number of rotatable bonds is 3. The zero-order valence-electron chi connectivity index (χ0n) is 7.96. The Bertz CT molecular complexity index is 190. The predicted molar refractivity (Wildman–Crippen MR) is 55.7 cm³/mol. The maximum atomic E-state index is 6.83. The molecule has 3 nitrogen and oxygen atoms in total. The van der Waals surface area contributed by atoms with Gasteiger partial charge in [-0.1, -0.05) is 20.4 Å². The normalized spacial score (nSPS) is 10.4. The van der Waals surface area contributed by atoms with E-state index in [9.17, 15) is 0 Å². The van der Waals surface area contributed by atoms with E-state index >= 15 is 0 Å². The van der Waals surface area contributed by atoms with Gasteiger partial charge in [-0.25, -0.2) is 0 Å². The van der Waals surface area contributed by atoms with Crippen molar-refractivity contribution in [1.82, 2.24) is 0 Å². The van der Waals surface area contributed by atoms with Gasteiger partial charge in [0.05, 0.1) is 0 Å². The Morgan fingerprint density at radius 1 is 1.50 bits per heavy atom. The van der Waals surface area contributed by atoms with Gasteiger partial charge in [-0.3, -0.25) is 0 Å². The van der Waals surface area contributed by atoms with E-state index < -0.39 is 0 Å². The van der Waals surface area contributed by atoms with Crippen molar-refractivity contribution >= 4 is 12.4 Å². The van der Waals surface area contributed by atoms with Crippen molar-refractivity contribution in [2.24, 2.45) is 10.9 Å². The molecule has 0 radical (unpaired) electrons. The lowest BCUT2D eigenvalue weighted by molar-refractivity contribution is 1.27. The number of nitrogens with one attached hydrogen (secondary N) is 1. The highest BCUT2D eigenvalue weighted by atomic mass is 15.1. The lowest BCUT2D eigenvalue weighted by Gasteiger charge is -1.93. The van der Waals surface area contributed by atoms with Gasteiger partial charge in [0.2, 0.25) is 0 Å². The Morgan fingerprint density at radius 2 is 2.00 bits per heavy atom. The van der Waals surface area contributed by atoms with Crippen LogP contribution in [-0.4, -0.2) is 12.4 Å². The number of hydrogen-bond donors (Lipinski definition) is 2. The molecule has 0 bridgehead atoms. The van der Waals surface area contributed by atoms with Gasteiger partial charge in [-0.15, -0.1) is 0 Å². The third-order valence-corrected chi connectivity index (χ3v) is 1.09. The van der Waals surface area contributed by atoms with Crippen molar-refractivity contribution in [1.29, 1.82) is 5.41 Å². The molecule has 0 rings (SSSR count). The first-order chi connectivity index (χ1) is 5.72. The van der Waals surface area contributed by atoms with E-state index in [1.165, 1.54) is 12.4 Å². The van der Waals surface area contributed by atoms with Crippen molar-refractivity contribution in [3.63, 3.8) is 0 Å². The van der Waals surface area contributed by atoms with Crippen LogP contribution in [0.2, 0.25) is 0 Å². The molecule has 0 atom stereocenters. The number of nitrogens with zero attached hydrogens (tertiary/aromatic N) is 1. The summed E-state index contributed by atoms with van der Waals surface area (Å²) in [6, 6.07) is 0. The first-order valence-electron chi connectivity index (χ1n) is 3.82. The zero-order chi connectivity index (χ0) is 9.98. The van der Waals surface area contributed by atoms with Crippen molar-refractivity contribution < 1.29 is 0 Å². The highest BCUT2D eigenvalue weighted by Crippen LogP contribution is 2.00. The van der Waals surface area contributed by atoms with E-state index in [0.717, 1.165) is 5.57 Å². The Hall–Kier alpha value is -1.38. The summed E-state index contributed by atoms with van der Waals surface area (Å²) >= 11 is 0. The minimum absolute atomic E-state index is 0.667. The SMILES string of the molecule is C=C(C=N)/C(C)=C\C=N/N.CC. The quantitative estimate of drug-likeness (QED) is 0.287. The second kappa shape index (κ2) is 9.62.